The van der Waals surface area contributed by atoms with Gasteiger partial charge in [-0.15, -0.1) is 0 Å². The van der Waals surface area contributed by atoms with Crippen LogP contribution in [0.5, 0.6) is 0 Å². The molecule has 2 aliphatic rings. The topological polar surface area (TPSA) is 69.6 Å². The van der Waals surface area contributed by atoms with Crippen molar-refractivity contribution in [3.8, 4) is 0 Å². The molecule has 3 heterocycles. The maximum Gasteiger partial charge on any atom is 0.312 e. The minimum Gasteiger partial charge on any atom is -0.337 e. The molecule has 2 aromatic rings. The summed E-state index contributed by atoms with van der Waals surface area (Å²) in [5.74, 6) is 0.519. The number of carbonyl (C=O) groups is 2. The van der Waals surface area contributed by atoms with Gasteiger partial charge in [-0.3, -0.25) is 9.59 Å². The average molecular weight is 393 g/mol. The van der Waals surface area contributed by atoms with Crippen LogP contribution in [0.2, 0.25) is 0 Å². The summed E-state index contributed by atoms with van der Waals surface area (Å²) in [6.07, 6.45) is 6.37. The molecule has 2 aliphatic heterocycles. The molecule has 0 saturated carbocycles. The van der Waals surface area contributed by atoms with Gasteiger partial charge in [-0.25, -0.2) is 9.97 Å². The van der Waals surface area contributed by atoms with Gasteiger partial charge < -0.3 is 14.7 Å². The fourth-order valence-electron chi connectivity index (χ4n) is 4.12. The molecule has 0 bridgehead atoms. The van der Waals surface area contributed by atoms with Gasteiger partial charge in [0.15, 0.2) is 0 Å². The van der Waals surface area contributed by atoms with Gasteiger partial charge in [0, 0.05) is 51.7 Å². The molecule has 4 rings (SSSR count). The third kappa shape index (κ3) is 4.72. The molecule has 1 aromatic heterocycles. The third-order valence-corrected chi connectivity index (χ3v) is 5.85. The fourth-order valence-corrected chi connectivity index (χ4v) is 4.12. The summed E-state index contributed by atoms with van der Waals surface area (Å²) in [7, 11) is 0. The van der Waals surface area contributed by atoms with Gasteiger partial charge >= 0.3 is 11.8 Å². The summed E-state index contributed by atoms with van der Waals surface area (Å²) in [4.78, 5) is 39.4. The highest BCUT2D eigenvalue weighted by Crippen LogP contribution is 2.22. The zero-order chi connectivity index (χ0) is 20.1. The largest absolute Gasteiger partial charge is 0.337 e. The first-order chi connectivity index (χ1) is 14.2. The Morgan fingerprint density at radius 3 is 2.00 bits per heavy atom. The van der Waals surface area contributed by atoms with E-state index in [1.165, 1.54) is 5.56 Å². The maximum absolute atomic E-state index is 12.7. The summed E-state index contributed by atoms with van der Waals surface area (Å²) in [6, 6.07) is 12.3. The second-order valence-electron chi connectivity index (χ2n) is 7.75. The SMILES string of the molecule is O=C(C(=O)N1CCN(c2ncccn2)CC1)N1CCC(Cc2ccccc2)CC1. The van der Waals surface area contributed by atoms with Crippen LogP contribution in [-0.2, 0) is 16.0 Å². The Kier molecular flexibility index (Phi) is 6.03. The number of nitrogens with zero attached hydrogens (tertiary/aromatic N) is 5. The van der Waals surface area contributed by atoms with Crippen molar-refractivity contribution >= 4 is 17.8 Å². The summed E-state index contributed by atoms with van der Waals surface area (Å²) < 4.78 is 0. The predicted molar refractivity (Wildman–Crippen MR) is 110 cm³/mol. The Hall–Kier alpha value is -2.96. The second kappa shape index (κ2) is 9.03. The molecule has 7 heteroatoms. The lowest BCUT2D eigenvalue weighted by atomic mass is 9.90. The minimum absolute atomic E-state index is 0.354. The van der Waals surface area contributed by atoms with Gasteiger partial charge in [-0.05, 0) is 36.8 Å². The molecule has 2 fully saturated rings. The van der Waals surface area contributed by atoms with Gasteiger partial charge in [0.2, 0.25) is 5.95 Å². The molecular formula is C22H27N5O2. The normalized spacial score (nSPS) is 18.0. The summed E-state index contributed by atoms with van der Waals surface area (Å²) in [6.45, 7) is 3.66. The van der Waals surface area contributed by atoms with E-state index in [0.717, 1.165) is 19.3 Å². The Bertz CT molecular complexity index is 814. The molecule has 0 aliphatic carbocycles. The molecule has 0 atom stereocenters. The van der Waals surface area contributed by atoms with Gasteiger partial charge in [-0.1, -0.05) is 30.3 Å². The highest BCUT2D eigenvalue weighted by molar-refractivity contribution is 6.34. The van der Waals surface area contributed by atoms with E-state index in [1.807, 2.05) is 11.0 Å². The van der Waals surface area contributed by atoms with E-state index in [0.29, 0.717) is 51.1 Å². The van der Waals surface area contributed by atoms with E-state index in [-0.39, 0.29) is 11.8 Å². The van der Waals surface area contributed by atoms with Gasteiger partial charge in [0.05, 0.1) is 0 Å². The number of likely N-dealkylation sites (tertiary alicyclic amines) is 1. The average Bonchev–Trinajstić information content (AvgIpc) is 2.80. The number of piperidine rings is 1. The van der Waals surface area contributed by atoms with Gasteiger partial charge in [-0.2, -0.15) is 0 Å². The van der Waals surface area contributed by atoms with Crippen LogP contribution in [-0.4, -0.2) is 70.9 Å². The lowest BCUT2D eigenvalue weighted by Crippen LogP contribution is -2.54. The van der Waals surface area contributed by atoms with Crippen molar-refractivity contribution < 1.29 is 9.59 Å². The predicted octanol–water partition coefficient (Wildman–Crippen LogP) is 1.61. The number of benzene rings is 1. The Morgan fingerprint density at radius 2 is 1.38 bits per heavy atom. The van der Waals surface area contributed by atoms with Crippen molar-refractivity contribution in [1.29, 1.82) is 0 Å². The minimum atomic E-state index is -0.375. The first-order valence-corrected chi connectivity index (χ1v) is 10.3. The monoisotopic (exact) mass is 393 g/mol. The maximum atomic E-state index is 12.7. The number of hydrogen-bond acceptors (Lipinski definition) is 5. The Balaban J connectivity index is 1.24. The van der Waals surface area contributed by atoms with Gasteiger partial charge in [0.1, 0.15) is 0 Å². The molecule has 0 unspecified atom stereocenters. The quantitative estimate of drug-likeness (QED) is 0.741. The van der Waals surface area contributed by atoms with Crippen molar-refractivity contribution in [3.63, 3.8) is 0 Å². The van der Waals surface area contributed by atoms with E-state index in [2.05, 4.69) is 34.2 Å². The van der Waals surface area contributed by atoms with Crippen LogP contribution in [0.1, 0.15) is 18.4 Å². The zero-order valence-electron chi connectivity index (χ0n) is 16.6. The van der Waals surface area contributed by atoms with Crippen molar-refractivity contribution in [2.75, 3.05) is 44.2 Å². The number of hydrogen-bond donors (Lipinski definition) is 0. The van der Waals surface area contributed by atoms with Crippen molar-refractivity contribution in [2.24, 2.45) is 5.92 Å². The summed E-state index contributed by atoms with van der Waals surface area (Å²) in [5, 5.41) is 0. The third-order valence-electron chi connectivity index (χ3n) is 5.85. The summed E-state index contributed by atoms with van der Waals surface area (Å²) in [5.41, 5.74) is 1.34. The lowest BCUT2D eigenvalue weighted by molar-refractivity contribution is -0.152. The number of piperazine rings is 1. The molecule has 1 aromatic carbocycles. The van der Waals surface area contributed by atoms with Crippen LogP contribution in [0.25, 0.3) is 0 Å². The molecule has 2 amide bonds. The highest BCUT2D eigenvalue weighted by Gasteiger charge is 2.32. The second-order valence-corrected chi connectivity index (χ2v) is 7.75. The number of amides is 2. The molecule has 0 radical (unpaired) electrons. The molecule has 0 N–H and O–H groups in total. The van der Waals surface area contributed by atoms with Crippen LogP contribution < -0.4 is 4.90 Å². The lowest BCUT2D eigenvalue weighted by Gasteiger charge is -2.36. The molecule has 152 valence electrons. The van der Waals surface area contributed by atoms with Crippen LogP contribution >= 0.6 is 0 Å². The number of carbonyl (C=O) groups excluding carboxylic acids is 2. The Labute approximate surface area is 171 Å². The standard InChI is InChI=1S/C22H27N5O2/c28-20(25-11-7-19(8-12-25)17-18-5-2-1-3-6-18)21(29)26-13-15-27(16-14-26)22-23-9-4-10-24-22/h1-6,9-10,19H,7-8,11-17H2. The van der Waals surface area contributed by atoms with E-state index < -0.39 is 0 Å². The van der Waals surface area contributed by atoms with E-state index in [9.17, 15) is 9.59 Å². The molecule has 2 saturated heterocycles. The Morgan fingerprint density at radius 1 is 0.793 bits per heavy atom. The van der Waals surface area contributed by atoms with E-state index >= 15 is 0 Å². The van der Waals surface area contributed by atoms with Gasteiger partial charge in [0.25, 0.3) is 0 Å². The van der Waals surface area contributed by atoms with Crippen LogP contribution in [0.4, 0.5) is 5.95 Å². The van der Waals surface area contributed by atoms with Crippen molar-refractivity contribution in [2.45, 2.75) is 19.3 Å². The number of anilines is 1. The smallest absolute Gasteiger partial charge is 0.312 e. The highest BCUT2D eigenvalue weighted by atomic mass is 16.2. The molecular weight excluding hydrogens is 366 g/mol. The zero-order valence-corrected chi connectivity index (χ0v) is 16.6. The number of aromatic nitrogens is 2. The van der Waals surface area contributed by atoms with Crippen LogP contribution in [0.15, 0.2) is 48.8 Å². The molecule has 7 nitrogen and oxygen atoms in total. The first kappa shape index (κ1) is 19.4. The van der Waals surface area contributed by atoms with Crippen molar-refractivity contribution in [3.05, 3.63) is 54.4 Å². The van der Waals surface area contributed by atoms with E-state index in [4.69, 9.17) is 0 Å². The summed E-state index contributed by atoms with van der Waals surface area (Å²) >= 11 is 0. The van der Waals surface area contributed by atoms with Crippen LogP contribution in [0.3, 0.4) is 0 Å². The first-order valence-electron chi connectivity index (χ1n) is 10.3. The van der Waals surface area contributed by atoms with Crippen molar-refractivity contribution in [1.82, 2.24) is 19.8 Å². The van der Waals surface area contributed by atoms with Crippen LogP contribution in [0, 0.1) is 5.92 Å². The molecule has 0 spiro atoms. The fraction of sp³-hybridized carbons (Fsp3) is 0.455. The molecule has 29 heavy (non-hydrogen) atoms. The van der Waals surface area contributed by atoms with E-state index in [1.54, 1.807) is 28.3 Å². The number of rotatable bonds is 3.